The molecule has 2 rings (SSSR count). The maximum absolute atomic E-state index is 9.36. The van der Waals surface area contributed by atoms with E-state index in [0.29, 0.717) is 11.5 Å². The van der Waals surface area contributed by atoms with E-state index in [2.05, 4.69) is 39.8 Å². The maximum Gasteiger partial charge on any atom is 0.116 e. The maximum atomic E-state index is 9.36. The Labute approximate surface area is 140 Å². The Kier molecular flexibility index (Phi) is 6.68. The van der Waals surface area contributed by atoms with E-state index >= 15 is 0 Å². The van der Waals surface area contributed by atoms with E-state index in [1.165, 1.54) is 11.1 Å². The molecule has 2 aromatic carbocycles. The predicted molar refractivity (Wildman–Crippen MR) is 98.4 cm³/mol. The van der Waals surface area contributed by atoms with Gasteiger partial charge in [0.15, 0.2) is 0 Å². The summed E-state index contributed by atoms with van der Waals surface area (Å²) in [6.45, 7) is 12.6. The molecule has 2 N–H and O–H groups in total. The molecule has 0 aliphatic carbocycles. The van der Waals surface area contributed by atoms with Crippen LogP contribution < -0.4 is 0 Å². The van der Waals surface area contributed by atoms with Crippen LogP contribution in [0.3, 0.4) is 0 Å². The van der Waals surface area contributed by atoms with Crippen molar-refractivity contribution in [1.29, 1.82) is 0 Å². The molecule has 2 aromatic rings. The van der Waals surface area contributed by atoms with E-state index in [0.717, 1.165) is 24.0 Å². The van der Waals surface area contributed by atoms with Crippen molar-refractivity contribution >= 4 is 0 Å². The molecule has 126 valence electrons. The van der Waals surface area contributed by atoms with Gasteiger partial charge >= 0.3 is 0 Å². The minimum Gasteiger partial charge on any atom is -0.508 e. The van der Waals surface area contributed by atoms with Gasteiger partial charge < -0.3 is 10.2 Å². The number of rotatable bonds is 2. The van der Waals surface area contributed by atoms with Crippen LogP contribution in [0.5, 0.6) is 11.5 Å². The second kappa shape index (κ2) is 8.05. The first kappa shape index (κ1) is 19.1. The molecule has 0 bridgehead atoms. The van der Waals surface area contributed by atoms with Gasteiger partial charge in [0.1, 0.15) is 11.5 Å². The minimum absolute atomic E-state index is 0.115. The first-order valence-corrected chi connectivity index (χ1v) is 8.22. The smallest absolute Gasteiger partial charge is 0.116 e. The zero-order valence-electron chi connectivity index (χ0n) is 15.3. The summed E-state index contributed by atoms with van der Waals surface area (Å²) < 4.78 is 0. The minimum atomic E-state index is 0.115. The molecule has 0 fully saturated rings. The van der Waals surface area contributed by atoms with E-state index in [-0.39, 0.29) is 5.41 Å². The largest absolute Gasteiger partial charge is 0.508 e. The normalized spacial score (nSPS) is 10.9. The topological polar surface area (TPSA) is 40.5 Å². The Bertz CT molecular complexity index is 596. The summed E-state index contributed by atoms with van der Waals surface area (Å²) in [5, 5.41) is 18.6. The molecule has 0 spiro atoms. The fraction of sp³-hybridized carbons (Fsp3) is 0.429. The van der Waals surface area contributed by atoms with Crippen LogP contribution in [0.1, 0.15) is 56.4 Å². The van der Waals surface area contributed by atoms with Crippen LogP contribution in [0.4, 0.5) is 0 Å². The first-order chi connectivity index (χ1) is 10.6. The summed E-state index contributed by atoms with van der Waals surface area (Å²) in [5.74, 6) is 0.744. The number of aryl methyl sites for hydroxylation is 3. The van der Waals surface area contributed by atoms with Crippen LogP contribution in [-0.2, 0) is 11.8 Å². The Hall–Kier alpha value is -1.96. The molecule has 0 amide bonds. The molecule has 2 nitrogen and oxygen atoms in total. The first-order valence-electron chi connectivity index (χ1n) is 8.22. The molecular formula is C21H30O2. The molecule has 23 heavy (non-hydrogen) atoms. The van der Waals surface area contributed by atoms with Gasteiger partial charge in [-0.3, -0.25) is 0 Å². The van der Waals surface area contributed by atoms with Crippen molar-refractivity contribution in [3.8, 4) is 11.5 Å². The molecular weight excluding hydrogens is 284 g/mol. The van der Waals surface area contributed by atoms with Gasteiger partial charge in [0, 0.05) is 0 Å². The Morgan fingerprint density at radius 2 is 1.30 bits per heavy atom. The summed E-state index contributed by atoms with van der Waals surface area (Å²) in [6, 6.07) is 11.4. The van der Waals surface area contributed by atoms with Crippen molar-refractivity contribution in [2.24, 2.45) is 0 Å². The molecule has 2 heteroatoms. The Morgan fingerprint density at radius 3 is 1.74 bits per heavy atom. The van der Waals surface area contributed by atoms with Crippen LogP contribution in [-0.4, -0.2) is 10.2 Å². The second-order valence-electron chi connectivity index (χ2n) is 7.23. The zero-order chi connectivity index (χ0) is 17.6. The van der Waals surface area contributed by atoms with Crippen molar-refractivity contribution in [3.63, 3.8) is 0 Å². The SMILES string of the molecule is CCCc1cc(C)cc(O)c1.Cc1cc(O)cc(C(C)(C)C)c1. The van der Waals surface area contributed by atoms with Crippen LogP contribution in [0, 0.1) is 13.8 Å². The highest BCUT2D eigenvalue weighted by atomic mass is 16.3. The number of benzene rings is 2. The lowest BCUT2D eigenvalue weighted by atomic mass is 9.86. The van der Waals surface area contributed by atoms with Gasteiger partial charge in [0.05, 0.1) is 0 Å². The molecule has 0 unspecified atom stereocenters. The van der Waals surface area contributed by atoms with Gasteiger partial charge in [-0.25, -0.2) is 0 Å². The molecule has 0 aliphatic heterocycles. The zero-order valence-corrected chi connectivity index (χ0v) is 15.3. The van der Waals surface area contributed by atoms with Gasteiger partial charge in [-0.05, 0) is 72.2 Å². The molecule has 0 radical (unpaired) electrons. The highest BCUT2D eigenvalue weighted by molar-refractivity contribution is 5.36. The van der Waals surface area contributed by atoms with E-state index in [1.807, 2.05) is 26.0 Å². The third-order valence-electron chi connectivity index (χ3n) is 3.59. The summed E-state index contributed by atoms with van der Waals surface area (Å²) in [7, 11) is 0. The lowest BCUT2D eigenvalue weighted by Gasteiger charge is -2.19. The molecule has 0 heterocycles. The molecule has 0 saturated carbocycles. The Morgan fingerprint density at radius 1 is 0.783 bits per heavy atom. The number of hydrogen-bond acceptors (Lipinski definition) is 2. The molecule has 0 atom stereocenters. The highest BCUT2D eigenvalue weighted by Gasteiger charge is 2.14. The number of phenols is 2. The van der Waals surface area contributed by atoms with E-state index in [4.69, 9.17) is 0 Å². The summed E-state index contributed by atoms with van der Waals surface area (Å²) in [5.41, 5.74) is 4.77. The molecule has 0 aromatic heterocycles. The average molecular weight is 314 g/mol. The quantitative estimate of drug-likeness (QED) is 0.752. The van der Waals surface area contributed by atoms with Crippen molar-refractivity contribution in [3.05, 3.63) is 58.7 Å². The molecule has 0 saturated heterocycles. The second-order valence-corrected chi connectivity index (χ2v) is 7.23. The number of aromatic hydroxyl groups is 2. The average Bonchev–Trinajstić information content (AvgIpc) is 2.36. The monoisotopic (exact) mass is 314 g/mol. The van der Waals surface area contributed by atoms with Gasteiger partial charge in [0.25, 0.3) is 0 Å². The number of phenolic OH excluding ortho intramolecular Hbond substituents is 2. The third kappa shape index (κ3) is 6.77. The standard InChI is InChI=1S/C11H16O.C10H14O/c1-8-5-9(11(2,3)4)7-10(12)6-8;1-3-4-9-5-8(2)6-10(11)7-9/h5-7,12H,1-4H3;5-7,11H,3-4H2,1-2H3. The van der Waals surface area contributed by atoms with Gasteiger partial charge in [-0.15, -0.1) is 0 Å². The number of hydrogen-bond donors (Lipinski definition) is 2. The van der Waals surface area contributed by atoms with Gasteiger partial charge in [-0.1, -0.05) is 46.2 Å². The van der Waals surface area contributed by atoms with Crippen molar-refractivity contribution in [1.82, 2.24) is 0 Å². The van der Waals surface area contributed by atoms with Crippen molar-refractivity contribution < 1.29 is 10.2 Å². The van der Waals surface area contributed by atoms with Crippen molar-refractivity contribution in [2.45, 2.75) is 59.8 Å². The molecule has 0 aliphatic rings. The van der Waals surface area contributed by atoms with Crippen molar-refractivity contribution in [2.75, 3.05) is 0 Å². The summed E-state index contributed by atoms with van der Waals surface area (Å²) >= 11 is 0. The predicted octanol–water partition coefficient (Wildman–Crippen LogP) is 5.65. The fourth-order valence-electron chi connectivity index (χ4n) is 2.47. The highest BCUT2D eigenvalue weighted by Crippen LogP contribution is 2.26. The lowest BCUT2D eigenvalue weighted by Crippen LogP contribution is -2.10. The van der Waals surface area contributed by atoms with Crippen LogP contribution in [0.2, 0.25) is 0 Å². The van der Waals surface area contributed by atoms with Crippen LogP contribution in [0.25, 0.3) is 0 Å². The van der Waals surface area contributed by atoms with E-state index in [9.17, 15) is 10.2 Å². The van der Waals surface area contributed by atoms with E-state index in [1.54, 1.807) is 12.1 Å². The van der Waals surface area contributed by atoms with Crippen LogP contribution >= 0.6 is 0 Å². The van der Waals surface area contributed by atoms with E-state index < -0.39 is 0 Å². The van der Waals surface area contributed by atoms with Gasteiger partial charge in [0.2, 0.25) is 0 Å². The fourth-order valence-corrected chi connectivity index (χ4v) is 2.47. The van der Waals surface area contributed by atoms with Gasteiger partial charge in [-0.2, -0.15) is 0 Å². The lowest BCUT2D eigenvalue weighted by molar-refractivity contribution is 0.470. The summed E-state index contributed by atoms with van der Waals surface area (Å²) in [6.07, 6.45) is 2.18. The third-order valence-corrected chi connectivity index (χ3v) is 3.59. The Balaban J connectivity index is 0.000000231. The summed E-state index contributed by atoms with van der Waals surface area (Å²) in [4.78, 5) is 0. The van der Waals surface area contributed by atoms with Crippen LogP contribution in [0.15, 0.2) is 36.4 Å².